The quantitative estimate of drug-likeness (QED) is 0.908. The van der Waals surface area contributed by atoms with Gasteiger partial charge in [0.25, 0.3) is 5.91 Å². The van der Waals surface area contributed by atoms with E-state index >= 15 is 0 Å². The molecule has 1 aliphatic rings. The van der Waals surface area contributed by atoms with Crippen LogP contribution >= 0.6 is 0 Å². The molecule has 2 aromatic carbocycles. The first kappa shape index (κ1) is 17.6. The molecule has 7 heteroatoms. The molecule has 0 bridgehead atoms. The Labute approximate surface area is 146 Å². The van der Waals surface area contributed by atoms with E-state index in [0.29, 0.717) is 13.1 Å². The number of anilines is 1. The Balaban J connectivity index is 1.76. The van der Waals surface area contributed by atoms with Gasteiger partial charge >= 0.3 is 0 Å². The molecule has 0 spiro atoms. The molecule has 0 atom stereocenters. The monoisotopic (exact) mass is 362 g/mol. The van der Waals surface area contributed by atoms with Gasteiger partial charge in [0.05, 0.1) is 10.6 Å². The highest BCUT2D eigenvalue weighted by Gasteiger charge is 2.27. The number of rotatable bonds is 4. The number of benzene rings is 2. The number of halogens is 1. The number of nitrogens with zero attached hydrogens (tertiary/aromatic N) is 1. The van der Waals surface area contributed by atoms with E-state index in [9.17, 15) is 17.6 Å². The highest BCUT2D eigenvalue weighted by molar-refractivity contribution is 7.89. The van der Waals surface area contributed by atoms with Crippen molar-refractivity contribution in [2.75, 3.05) is 18.4 Å². The second kappa shape index (κ2) is 6.93. The van der Waals surface area contributed by atoms with Crippen molar-refractivity contribution in [2.45, 2.75) is 24.7 Å². The SMILES string of the molecule is Cc1ccc(NC(=O)c2ccc(S(=O)(=O)N3CCCC3)cc2)c(F)c1. The number of carbonyl (C=O) groups is 1. The van der Waals surface area contributed by atoms with Crippen molar-refractivity contribution in [3.8, 4) is 0 Å². The van der Waals surface area contributed by atoms with Gasteiger partial charge in [-0.1, -0.05) is 6.07 Å². The highest BCUT2D eigenvalue weighted by Crippen LogP contribution is 2.22. The third-order valence-corrected chi connectivity index (χ3v) is 6.10. The number of amides is 1. The van der Waals surface area contributed by atoms with Gasteiger partial charge in [0.15, 0.2) is 0 Å². The number of nitrogens with one attached hydrogen (secondary N) is 1. The highest BCUT2D eigenvalue weighted by atomic mass is 32.2. The van der Waals surface area contributed by atoms with E-state index in [2.05, 4.69) is 5.32 Å². The minimum Gasteiger partial charge on any atom is -0.319 e. The van der Waals surface area contributed by atoms with Crippen LogP contribution in [0.5, 0.6) is 0 Å². The standard InChI is InChI=1S/C18H19FN2O3S/c1-13-4-9-17(16(19)12-13)20-18(22)14-5-7-15(8-6-14)25(23,24)21-10-2-3-11-21/h4-9,12H,2-3,10-11H2,1H3,(H,20,22). The van der Waals surface area contributed by atoms with Crippen molar-refractivity contribution in [2.24, 2.45) is 0 Å². The van der Waals surface area contributed by atoms with E-state index in [4.69, 9.17) is 0 Å². The summed E-state index contributed by atoms with van der Waals surface area (Å²) in [5, 5.41) is 2.49. The molecule has 1 aliphatic heterocycles. The van der Waals surface area contributed by atoms with Crippen LogP contribution in [0.15, 0.2) is 47.4 Å². The lowest BCUT2D eigenvalue weighted by molar-refractivity contribution is 0.102. The summed E-state index contributed by atoms with van der Waals surface area (Å²) in [4.78, 5) is 12.4. The van der Waals surface area contributed by atoms with E-state index < -0.39 is 21.7 Å². The van der Waals surface area contributed by atoms with Gasteiger partial charge in [0.2, 0.25) is 10.0 Å². The average molecular weight is 362 g/mol. The lowest BCUT2D eigenvalue weighted by Crippen LogP contribution is -2.27. The second-order valence-corrected chi connectivity index (χ2v) is 8.01. The summed E-state index contributed by atoms with van der Waals surface area (Å²) in [6, 6.07) is 10.2. The van der Waals surface area contributed by atoms with Crippen LogP contribution < -0.4 is 5.32 Å². The fourth-order valence-corrected chi connectivity index (χ4v) is 4.29. The maximum absolute atomic E-state index is 13.8. The third kappa shape index (κ3) is 3.72. The summed E-state index contributed by atoms with van der Waals surface area (Å²) in [5.41, 5.74) is 1.11. The van der Waals surface area contributed by atoms with Gasteiger partial charge in [-0.15, -0.1) is 0 Å². The van der Waals surface area contributed by atoms with Crippen LogP contribution in [0.3, 0.4) is 0 Å². The normalized spacial score (nSPS) is 15.3. The summed E-state index contributed by atoms with van der Waals surface area (Å²) in [5.74, 6) is -1.01. The van der Waals surface area contributed by atoms with Crippen molar-refractivity contribution in [3.63, 3.8) is 0 Å². The van der Waals surface area contributed by atoms with E-state index in [-0.39, 0.29) is 16.1 Å². The molecular formula is C18H19FN2O3S. The smallest absolute Gasteiger partial charge is 0.255 e. The molecular weight excluding hydrogens is 343 g/mol. The molecule has 25 heavy (non-hydrogen) atoms. The number of sulfonamides is 1. The summed E-state index contributed by atoms with van der Waals surface area (Å²) >= 11 is 0. The van der Waals surface area contributed by atoms with Crippen LogP contribution in [0.4, 0.5) is 10.1 Å². The van der Waals surface area contributed by atoms with Crippen molar-refractivity contribution < 1.29 is 17.6 Å². The molecule has 0 saturated carbocycles. The average Bonchev–Trinajstić information content (AvgIpc) is 3.13. The number of hydrogen-bond donors (Lipinski definition) is 1. The molecule has 0 radical (unpaired) electrons. The first-order valence-corrected chi connectivity index (χ1v) is 9.50. The summed E-state index contributed by atoms with van der Waals surface area (Å²) in [6.07, 6.45) is 1.73. The lowest BCUT2D eigenvalue weighted by atomic mass is 10.2. The van der Waals surface area contributed by atoms with E-state index in [1.807, 2.05) is 0 Å². The maximum atomic E-state index is 13.8. The molecule has 0 aliphatic carbocycles. The van der Waals surface area contributed by atoms with Crippen LogP contribution in [0.25, 0.3) is 0 Å². The summed E-state index contributed by atoms with van der Waals surface area (Å²) in [6.45, 7) is 2.81. The summed E-state index contributed by atoms with van der Waals surface area (Å²) in [7, 11) is -3.51. The molecule has 1 saturated heterocycles. The van der Waals surface area contributed by atoms with Crippen molar-refractivity contribution in [3.05, 3.63) is 59.4 Å². The van der Waals surface area contributed by atoms with Gasteiger partial charge in [0, 0.05) is 18.7 Å². The van der Waals surface area contributed by atoms with Gasteiger partial charge in [-0.3, -0.25) is 4.79 Å². The van der Waals surface area contributed by atoms with Crippen LogP contribution in [0, 0.1) is 12.7 Å². The number of hydrogen-bond acceptors (Lipinski definition) is 3. The Kier molecular flexibility index (Phi) is 4.87. The first-order valence-electron chi connectivity index (χ1n) is 8.05. The Morgan fingerprint density at radius 3 is 2.32 bits per heavy atom. The van der Waals surface area contributed by atoms with Crippen LogP contribution in [0.1, 0.15) is 28.8 Å². The molecule has 1 amide bonds. The predicted molar refractivity (Wildman–Crippen MR) is 93.5 cm³/mol. The molecule has 132 valence electrons. The first-order chi connectivity index (χ1) is 11.9. The van der Waals surface area contributed by atoms with Crippen molar-refractivity contribution in [1.29, 1.82) is 0 Å². The molecule has 2 aromatic rings. The number of aryl methyl sites for hydroxylation is 1. The van der Waals surface area contributed by atoms with Gasteiger partial charge in [-0.05, 0) is 61.7 Å². The van der Waals surface area contributed by atoms with Crippen molar-refractivity contribution >= 4 is 21.6 Å². The second-order valence-electron chi connectivity index (χ2n) is 6.07. The zero-order valence-electron chi connectivity index (χ0n) is 13.8. The molecule has 1 fully saturated rings. The Morgan fingerprint density at radius 2 is 1.72 bits per heavy atom. The van der Waals surface area contributed by atoms with Gasteiger partial charge in [-0.25, -0.2) is 12.8 Å². The topological polar surface area (TPSA) is 66.5 Å². The lowest BCUT2D eigenvalue weighted by Gasteiger charge is -2.15. The molecule has 1 N–H and O–H groups in total. The molecule has 5 nitrogen and oxygen atoms in total. The zero-order valence-corrected chi connectivity index (χ0v) is 14.6. The molecule has 1 heterocycles. The van der Waals surface area contributed by atoms with E-state index in [1.165, 1.54) is 40.7 Å². The molecule has 3 rings (SSSR count). The van der Waals surface area contributed by atoms with Gasteiger partial charge in [0.1, 0.15) is 5.82 Å². The Morgan fingerprint density at radius 1 is 1.08 bits per heavy atom. The Hall–Kier alpha value is -2.25. The number of carbonyl (C=O) groups excluding carboxylic acids is 1. The fourth-order valence-electron chi connectivity index (χ4n) is 2.77. The molecule has 0 aromatic heterocycles. The fraction of sp³-hybridized carbons (Fsp3) is 0.278. The van der Waals surface area contributed by atoms with E-state index in [0.717, 1.165) is 18.4 Å². The van der Waals surface area contributed by atoms with Crippen LogP contribution in [-0.4, -0.2) is 31.7 Å². The largest absolute Gasteiger partial charge is 0.319 e. The van der Waals surface area contributed by atoms with Crippen LogP contribution in [0.2, 0.25) is 0 Å². The summed E-state index contributed by atoms with van der Waals surface area (Å²) < 4.78 is 40.2. The van der Waals surface area contributed by atoms with Crippen molar-refractivity contribution in [1.82, 2.24) is 4.31 Å². The Bertz CT molecular complexity index is 889. The molecule has 0 unspecified atom stereocenters. The van der Waals surface area contributed by atoms with Crippen LogP contribution in [-0.2, 0) is 10.0 Å². The minimum atomic E-state index is -3.51. The minimum absolute atomic E-state index is 0.0874. The predicted octanol–water partition coefficient (Wildman–Crippen LogP) is 3.17. The third-order valence-electron chi connectivity index (χ3n) is 4.19. The zero-order chi connectivity index (χ0) is 18.0. The maximum Gasteiger partial charge on any atom is 0.255 e. The van der Waals surface area contributed by atoms with E-state index in [1.54, 1.807) is 13.0 Å². The van der Waals surface area contributed by atoms with Gasteiger partial charge < -0.3 is 5.32 Å². The van der Waals surface area contributed by atoms with Gasteiger partial charge in [-0.2, -0.15) is 4.31 Å².